The molecule has 2 N–H and O–H groups in total. The van der Waals surface area contributed by atoms with E-state index < -0.39 is 0 Å². The second-order valence-corrected chi connectivity index (χ2v) is 4.31. The van der Waals surface area contributed by atoms with Crippen LogP contribution in [0.4, 0.5) is 0 Å². The van der Waals surface area contributed by atoms with E-state index in [1.54, 1.807) is 0 Å². The van der Waals surface area contributed by atoms with Crippen molar-refractivity contribution in [3.05, 3.63) is 35.9 Å². The molecule has 3 unspecified atom stereocenters. The SMILES string of the molecule is COC(=O)C1C(N)CCC1c1ccccc1. The maximum atomic E-state index is 11.7. The number of hydrogen-bond acceptors (Lipinski definition) is 3. The molecule has 0 bridgehead atoms. The normalized spacial score (nSPS) is 29.0. The summed E-state index contributed by atoms with van der Waals surface area (Å²) in [4.78, 5) is 11.7. The summed E-state index contributed by atoms with van der Waals surface area (Å²) < 4.78 is 4.84. The summed E-state index contributed by atoms with van der Waals surface area (Å²) in [5.74, 6) is -0.157. The van der Waals surface area contributed by atoms with E-state index in [0.29, 0.717) is 0 Å². The quantitative estimate of drug-likeness (QED) is 0.770. The third-order valence-electron chi connectivity index (χ3n) is 3.41. The fraction of sp³-hybridized carbons (Fsp3) is 0.462. The molecule has 3 atom stereocenters. The van der Waals surface area contributed by atoms with Crippen molar-refractivity contribution < 1.29 is 9.53 Å². The Morgan fingerprint density at radius 1 is 1.31 bits per heavy atom. The first-order valence-corrected chi connectivity index (χ1v) is 5.62. The molecule has 16 heavy (non-hydrogen) atoms. The van der Waals surface area contributed by atoms with Gasteiger partial charge in [-0.05, 0) is 24.3 Å². The van der Waals surface area contributed by atoms with Crippen molar-refractivity contribution in [1.29, 1.82) is 0 Å². The van der Waals surface area contributed by atoms with Crippen LogP contribution in [0.1, 0.15) is 24.3 Å². The minimum Gasteiger partial charge on any atom is -0.469 e. The van der Waals surface area contributed by atoms with Crippen LogP contribution in [0.15, 0.2) is 30.3 Å². The molecule has 1 saturated carbocycles. The number of carbonyl (C=O) groups is 1. The van der Waals surface area contributed by atoms with Crippen LogP contribution in [0.2, 0.25) is 0 Å². The molecule has 3 heteroatoms. The lowest BCUT2D eigenvalue weighted by molar-refractivity contribution is -0.146. The Kier molecular flexibility index (Phi) is 3.25. The molecular formula is C13H17NO2. The molecule has 1 aliphatic carbocycles. The highest BCUT2D eigenvalue weighted by Crippen LogP contribution is 2.39. The van der Waals surface area contributed by atoms with E-state index in [-0.39, 0.29) is 23.8 Å². The van der Waals surface area contributed by atoms with Crippen LogP contribution in [0, 0.1) is 5.92 Å². The number of carbonyl (C=O) groups excluding carboxylic acids is 1. The van der Waals surface area contributed by atoms with Crippen LogP contribution in [-0.4, -0.2) is 19.1 Å². The van der Waals surface area contributed by atoms with Gasteiger partial charge in [-0.1, -0.05) is 30.3 Å². The topological polar surface area (TPSA) is 52.3 Å². The first kappa shape index (κ1) is 11.1. The maximum Gasteiger partial charge on any atom is 0.310 e. The molecule has 3 nitrogen and oxygen atoms in total. The van der Waals surface area contributed by atoms with Crippen LogP contribution in [0.3, 0.4) is 0 Å². The molecule has 1 fully saturated rings. The van der Waals surface area contributed by atoms with Gasteiger partial charge in [0.15, 0.2) is 0 Å². The molecule has 1 aromatic rings. The lowest BCUT2D eigenvalue weighted by Gasteiger charge is -2.20. The number of benzene rings is 1. The van der Waals surface area contributed by atoms with Crippen LogP contribution >= 0.6 is 0 Å². The molecule has 0 radical (unpaired) electrons. The lowest BCUT2D eigenvalue weighted by Crippen LogP contribution is -2.34. The summed E-state index contributed by atoms with van der Waals surface area (Å²) in [7, 11) is 1.43. The summed E-state index contributed by atoms with van der Waals surface area (Å²) in [5, 5.41) is 0. The van der Waals surface area contributed by atoms with Crippen molar-refractivity contribution in [2.45, 2.75) is 24.8 Å². The second kappa shape index (κ2) is 4.66. The smallest absolute Gasteiger partial charge is 0.310 e. The molecule has 86 valence electrons. The Hall–Kier alpha value is -1.35. The number of nitrogens with two attached hydrogens (primary N) is 1. The molecule has 0 aliphatic heterocycles. The highest BCUT2D eigenvalue weighted by molar-refractivity contribution is 5.75. The van der Waals surface area contributed by atoms with E-state index in [9.17, 15) is 4.79 Å². The molecule has 2 rings (SSSR count). The first-order chi connectivity index (χ1) is 7.74. The summed E-state index contributed by atoms with van der Waals surface area (Å²) >= 11 is 0. The van der Waals surface area contributed by atoms with Crippen molar-refractivity contribution in [3.8, 4) is 0 Å². The molecule has 1 aromatic carbocycles. The van der Waals surface area contributed by atoms with Gasteiger partial charge in [-0.25, -0.2) is 0 Å². The van der Waals surface area contributed by atoms with Gasteiger partial charge >= 0.3 is 5.97 Å². The number of esters is 1. The van der Waals surface area contributed by atoms with Gasteiger partial charge in [0.2, 0.25) is 0 Å². The number of rotatable bonds is 2. The fourth-order valence-corrected chi connectivity index (χ4v) is 2.58. The largest absolute Gasteiger partial charge is 0.469 e. The van der Waals surface area contributed by atoms with Gasteiger partial charge in [0.05, 0.1) is 13.0 Å². The van der Waals surface area contributed by atoms with E-state index in [0.717, 1.165) is 12.8 Å². The minimum atomic E-state index is -0.188. The van der Waals surface area contributed by atoms with E-state index in [4.69, 9.17) is 10.5 Å². The van der Waals surface area contributed by atoms with Crippen molar-refractivity contribution in [1.82, 2.24) is 0 Å². The van der Waals surface area contributed by atoms with Crippen molar-refractivity contribution >= 4 is 5.97 Å². The zero-order valence-corrected chi connectivity index (χ0v) is 9.43. The zero-order valence-electron chi connectivity index (χ0n) is 9.43. The molecule has 0 heterocycles. The van der Waals surface area contributed by atoms with Gasteiger partial charge in [-0.2, -0.15) is 0 Å². The third-order valence-corrected chi connectivity index (χ3v) is 3.41. The fourth-order valence-electron chi connectivity index (χ4n) is 2.58. The second-order valence-electron chi connectivity index (χ2n) is 4.31. The summed E-state index contributed by atoms with van der Waals surface area (Å²) in [6.45, 7) is 0. The Bertz CT molecular complexity index is 363. The average Bonchev–Trinajstić information content (AvgIpc) is 2.71. The Labute approximate surface area is 95.6 Å². The predicted octanol–water partition coefficient (Wildman–Crippen LogP) is 1.68. The number of ether oxygens (including phenoxy) is 1. The van der Waals surface area contributed by atoms with Crippen LogP contribution in [-0.2, 0) is 9.53 Å². The van der Waals surface area contributed by atoms with Gasteiger partial charge in [-0.15, -0.1) is 0 Å². The van der Waals surface area contributed by atoms with Crippen LogP contribution in [0.5, 0.6) is 0 Å². The average molecular weight is 219 g/mol. The number of methoxy groups -OCH3 is 1. The van der Waals surface area contributed by atoms with Crippen molar-refractivity contribution in [2.24, 2.45) is 11.7 Å². The number of hydrogen-bond donors (Lipinski definition) is 1. The first-order valence-electron chi connectivity index (χ1n) is 5.62. The summed E-state index contributed by atoms with van der Waals surface area (Å²) in [6.07, 6.45) is 1.85. The Morgan fingerprint density at radius 3 is 2.62 bits per heavy atom. The zero-order chi connectivity index (χ0) is 11.5. The van der Waals surface area contributed by atoms with Gasteiger partial charge in [-0.3, -0.25) is 4.79 Å². The Balaban J connectivity index is 2.24. The standard InChI is InChI=1S/C13H17NO2/c1-16-13(15)12-10(7-8-11(12)14)9-5-3-2-4-6-9/h2-6,10-12H,7-8,14H2,1H3. The predicted molar refractivity (Wildman–Crippen MR) is 61.9 cm³/mol. The van der Waals surface area contributed by atoms with E-state index in [2.05, 4.69) is 12.1 Å². The van der Waals surface area contributed by atoms with E-state index in [1.165, 1.54) is 12.7 Å². The summed E-state index contributed by atoms with van der Waals surface area (Å²) in [5.41, 5.74) is 7.17. The highest BCUT2D eigenvalue weighted by Gasteiger charge is 2.40. The van der Waals surface area contributed by atoms with E-state index in [1.807, 2.05) is 18.2 Å². The molecule has 0 saturated heterocycles. The minimum absolute atomic E-state index is 0.0716. The van der Waals surface area contributed by atoms with Gasteiger partial charge < -0.3 is 10.5 Å². The molecule has 1 aliphatic rings. The van der Waals surface area contributed by atoms with Crippen molar-refractivity contribution in [2.75, 3.05) is 7.11 Å². The lowest BCUT2D eigenvalue weighted by atomic mass is 9.88. The van der Waals surface area contributed by atoms with Crippen molar-refractivity contribution in [3.63, 3.8) is 0 Å². The monoisotopic (exact) mass is 219 g/mol. The van der Waals surface area contributed by atoms with Crippen LogP contribution in [0.25, 0.3) is 0 Å². The molecule has 0 amide bonds. The molecule has 0 aromatic heterocycles. The third kappa shape index (κ3) is 1.95. The molecular weight excluding hydrogens is 202 g/mol. The maximum absolute atomic E-state index is 11.7. The van der Waals surface area contributed by atoms with Gasteiger partial charge in [0.25, 0.3) is 0 Å². The Morgan fingerprint density at radius 2 is 2.00 bits per heavy atom. The van der Waals surface area contributed by atoms with E-state index >= 15 is 0 Å². The molecule has 0 spiro atoms. The van der Waals surface area contributed by atoms with Gasteiger partial charge in [0.1, 0.15) is 0 Å². The van der Waals surface area contributed by atoms with Gasteiger partial charge in [0, 0.05) is 6.04 Å². The highest BCUT2D eigenvalue weighted by atomic mass is 16.5. The van der Waals surface area contributed by atoms with Crippen LogP contribution < -0.4 is 5.73 Å². The summed E-state index contributed by atoms with van der Waals surface area (Å²) in [6, 6.07) is 10.0.